The van der Waals surface area contributed by atoms with Crippen LogP contribution in [0.15, 0.2) is 158 Å². The topological polar surface area (TPSA) is 17.4 Å². The van der Waals surface area contributed by atoms with Crippen molar-refractivity contribution in [2.75, 3.05) is 4.90 Å². The van der Waals surface area contributed by atoms with Gasteiger partial charge in [-0.25, -0.2) is 0 Å². The molecule has 0 unspecified atom stereocenters. The van der Waals surface area contributed by atoms with Crippen molar-refractivity contribution >= 4 is 38.9 Å². The van der Waals surface area contributed by atoms with Crippen molar-refractivity contribution in [2.24, 2.45) is 0 Å². The molecule has 1 heterocycles. The van der Waals surface area contributed by atoms with Crippen LogP contribution in [0.1, 0.15) is 1.37 Å². The molecule has 0 fully saturated rings. The summed E-state index contributed by atoms with van der Waals surface area (Å²) in [4.78, 5) is 2.14. The maximum absolute atomic E-state index is 8.12. The van der Waals surface area contributed by atoms with E-state index in [2.05, 4.69) is 94.4 Å². The van der Waals surface area contributed by atoms with E-state index in [1.807, 2.05) is 60.7 Å². The lowest BCUT2D eigenvalue weighted by molar-refractivity contribution is 0.482. The molecule has 3 nitrogen and oxygen atoms in total. The van der Waals surface area contributed by atoms with E-state index in [9.17, 15) is 0 Å². The van der Waals surface area contributed by atoms with Gasteiger partial charge in [0.2, 0.25) is 0 Å². The van der Waals surface area contributed by atoms with Crippen molar-refractivity contribution in [1.29, 1.82) is 0 Å². The predicted octanol–water partition coefficient (Wildman–Crippen LogP) is 10.0. The van der Waals surface area contributed by atoms with Crippen LogP contribution in [0, 0.1) is 0 Å². The molecule has 7 rings (SSSR count). The van der Waals surface area contributed by atoms with Gasteiger partial charge in [-0.15, -0.1) is 0 Å². The lowest BCUT2D eigenvalue weighted by Gasteiger charge is -2.25. The lowest BCUT2D eigenvalue weighted by atomic mass is 10.2. The summed E-state index contributed by atoms with van der Waals surface area (Å²) >= 11 is 0. The second kappa shape index (κ2) is 9.88. The van der Waals surface area contributed by atoms with Crippen LogP contribution < -0.4 is 9.64 Å². The van der Waals surface area contributed by atoms with E-state index in [0.717, 1.165) is 34.2 Å². The molecule has 0 spiro atoms. The van der Waals surface area contributed by atoms with E-state index >= 15 is 0 Å². The van der Waals surface area contributed by atoms with Crippen molar-refractivity contribution < 1.29 is 6.11 Å². The van der Waals surface area contributed by atoms with Crippen molar-refractivity contribution in [3.63, 3.8) is 0 Å². The SMILES string of the molecule is [3H]c1cccc(N(c2ccccc2)c2ccc(Oc3cccc(-n4c5ccccc5c5ccccc54)c3)cc2)c1. The first kappa shape index (κ1) is 21.8. The lowest BCUT2D eigenvalue weighted by Crippen LogP contribution is -2.09. The number of hydrogen-bond acceptors (Lipinski definition) is 2. The summed E-state index contributed by atoms with van der Waals surface area (Å²) in [6, 6.07) is 51.6. The average Bonchev–Trinajstić information content (AvgIpc) is 3.34. The molecule has 0 N–H and O–H groups in total. The Labute approximate surface area is 229 Å². The highest BCUT2D eigenvalue weighted by Crippen LogP contribution is 2.36. The number of fused-ring (bicyclic) bond motifs is 3. The van der Waals surface area contributed by atoms with Crippen molar-refractivity contribution in [3.8, 4) is 17.2 Å². The van der Waals surface area contributed by atoms with Gasteiger partial charge in [0.05, 0.1) is 12.4 Å². The Morgan fingerprint density at radius 3 is 1.77 bits per heavy atom. The summed E-state index contributed by atoms with van der Waals surface area (Å²) in [6.07, 6.45) is 0. The van der Waals surface area contributed by atoms with Gasteiger partial charge in [-0.05, 0) is 72.8 Å². The fourth-order valence-electron chi connectivity index (χ4n) is 5.23. The molecule has 3 heteroatoms. The minimum absolute atomic E-state index is 0.474. The fraction of sp³-hybridized carbons (Fsp3) is 0. The number of nitrogens with zero attached hydrogens (tertiary/aromatic N) is 2. The van der Waals surface area contributed by atoms with Gasteiger partial charge in [0, 0.05) is 39.6 Å². The number of benzene rings is 6. The van der Waals surface area contributed by atoms with Gasteiger partial charge >= 0.3 is 0 Å². The molecular weight excluding hydrogens is 476 g/mol. The molecule has 0 atom stereocenters. The third-order valence-corrected chi connectivity index (χ3v) is 6.95. The molecule has 0 aliphatic carbocycles. The first-order valence-electron chi connectivity index (χ1n) is 13.5. The zero-order chi connectivity index (χ0) is 26.9. The van der Waals surface area contributed by atoms with Gasteiger partial charge < -0.3 is 14.2 Å². The van der Waals surface area contributed by atoms with Crippen LogP contribution in [0.2, 0.25) is 0 Å². The molecule has 1 aromatic heterocycles. The molecule has 39 heavy (non-hydrogen) atoms. The standard InChI is InChI=1S/C36H26N2O/c1-3-12-27(13-4-1)37(28-14-5-2-6-15-28)29-22-24-31(25-23-29)39-32-17-11-16-30(26-32)38-35-20-9-7-18-33(35)34-19-8-10-21-36(34)38/h1-26H/i3T. The molecule has 0 bridgehead atoms. The molecular formula is C36H26N2O. The summed E-state index contributed by atoms with van der Waals surface area (Å²) in [6.45, 7) is 0. The molecule has 7 aromatic rings. The van der Waals surface area contributed by atoms with E-state index in [1.54, 1.807) is 6.07 Å². The molecule has 0 saturated heterocycles. The third-order valence-electron chi connectivity index (χ3n) is 6.95. The van der Waals surface area contributed by atoms with E-state index < -0.39 is 0 Å². The quantitative estimate of drug-likeness (QED) is 0.224. The normalized spacial score (nSPS) is 11.4. The monoisotopic (exact) mass is 504 g/mol. The van der Waals surface area contributed by atoms with Crippen LogP contribution in [0.4, 0.5) is 17.1 Å². The second-order valence-electron chi connectivity index (χ2n) is 9.40. The minimum Gasteiger partial charge on any atom is -0.457 e. The number of para-hydroxylation sites is 4. The number of ether oxygens (including phenoxy) is 1. The van der Waals surface area contributed by atoms with E-state index in [0.29, 0.717) is 6.04 Å². The Balaban J connectivity index is 1.22. The minimum atomic E-state index is 0.474. The van der Waals surface area contributed by atoms with E-state index in [4.69, 9.17) is 6.11 Å². The van der Waals surface area contributed by atoms with Gasteiger partial charge in [0.25, 0.3) is 0 Å². The van der Waals surface area contributed by atoms with Gasteiger partial charge in [-0.2, -0.15) is 0 Å². The first-order valence-corrected chi connectivity index (χ1v) is 13.0. The zero-order valence-electron chi connectivity index (χ0n) is 22.2. The molecule has 0 aliphatic rings. The van der Waals surface area contributed by atoms with Crippen LogP contribution >= 0.6 is 0 Å². The van der Waals surface area contributed by atoms with Gasteiger partial charge in [0.15, 0.2) is 0 Å². The smallest absolute Gasteiger partial charge is 0.129 e. The van der Waals surface area contributed by atoms with Gasteiger partial charge in [-0.3, -0.25) is 0 Å². The van der Waals surface area contributed by atoms with Crippen LogP contribution in [0.5, 0.6) is 11.5 Å². The van der Waals surface area contributed by atoms with E-state index in [1.165, 1.54) is 21.8 Å². The maximum Gasteiger partial charge on any atom is 0.129 e. The highest BCUT2D eigenvalue weighted by molar-refractivity contribution is 6.09. The summed E-state index contributed by atoms with van der Waals surface area (Å²) in [5.74, 6) is 1.53. The van der Waals surface area contributed by atoms with E-state index in [-0.39, 0.29) is 0 Å². The molecule has 0 aliphatic heterocycles. The van der Waals surface area contributed by atoms with Crippen molar-refractivity contribution in [3.05, 3.63) is 158 Å². The average molecular weight is 505 g/mol. The first-order chi connectivity index (χ1) is 19.7. The summed E-state index contributed by atoms with van der Waals surface area (Å²) < 4.78 is 16.8. The fourth-order valence-corrected chi connectivity index (χ4v) is 5.23. The Hall–Kier alpha value is -5.28. The highest BCUT2D eigenvalue weighted by atomic mass is 16.5. The largest absolute Gasteiger partial charge is 0.457 e. The molecule has 6 aromatic carbocycles. The number of rotatable bonds is 6. The molecule has 0 saturated carbocycles. The summed E-state index contributed by atoms with van der Waals surface area (Å²) in [5, 5.41) is 2.47. The number of aromatic nitrogens is 1. The Bertz CT molecular complexity index is 1890. The number of hydrogen-bond donors (Lipinski definition) is 0. The molecule has 186 valence electrons. The van der Waals surface area contributed by atoms with Gasteiger partial charge in [0.1, 0.15) is 11.5 Å². The van der Waals surface area contributed by atoms with Crippen molar-refractivity contribution in [1.82, 2.24) is 4.57 Å². The summed E-state index contributed by atoms with van der Waals surface area (Å²) in [7, 11) is 0. The number of anilines is 3. The summed E-state index contributed by atoms with van der Waals surface area (Å²) in [5.41, 5.74) is 6.35. The predicted molar refractivity (Wildman–Crippen MR) is 162 cm³/mol. The van der Waals surface area contributed by atoms with Crippen LogP contribution in [-0.4, -0.2) is 4.57 Å². The maximum atomic E-state index is 8.12. The highest BCUT2D eigenvalue weighted by Gasteiger charge is 2.13. The Kier molecular flexibility index (Phi) is 5.52. The Morgan fingerprint density at radius 2 is 1.08 bits per heavy atom. The Morgan fingerprint density at radius 1 is 0.487 bits per heavy atom. The third kappa shape index (κ3) is 4.30. The molecule has 0 radical (unpaired) electrons. The van der Waals surface area contributed by atoms with Crippen molar-refractivity contribution in [2.45, 2.75) is 0 Å². The zero-order valence-corrected chi connectivity index (χ0v) is 21.2. The van der Waals surface area contributed by atoms with Crippen LogP contribution in [0.25, 0.3) is 27.5 Å². The van der Waals surface area contributed by atoms with Gasteiger partial charge in [-0.1, -0.05) is 78.8 Å². The second-order valence-corrected chi connectivity index (χ2v) is 9.40. The van der Waals surface area contributed by atoms with Crippen LogP contribution in [0.3, 0.4) is 0 Å². The molecule has 0 amide bonds. The van der Waals surface area contributed by atoms with Crippen LogP contribution in [-0.2, 0) is 0 Å².